The number of carbonyl (C=O) groups excluding carboxylic acids is 1. The second-order valence-electron chi connectivity index (χ2n) is 6.97. The maximum atomic E-state index is 12.6. The summed E-state index contributed by atoms with van der Waals surface area (Å²) in [6.07, 6.45) is 3.56. The van der Waals surface area contributed by atoms with E-state index in [0.717, 1.165) is 28.9 Å². The molecule has 0 fully saturated rings. The Balaban J connectivity index is 1.69. The van der Waals surface area contributed by atoms with Crippen LogP contribution in [0.5, 0.6) is 0 Å². The van der Waals surface area contributed by atoms with Crippen LogP contribution in [-0.2, 0) is 17.6 Å². The topological polar surface area (TPSA) is 41.1 Å². The van der Waals surface area contributed by atoms with Crippen LogP contribution in [-0.4, -0.2) is 11.9 Å². The minimum absolute atomic E-state index is 0.00875. The van der Waals surface area contributed by atoms with E-state index in [4.69, 9.17) is 0 Å². The lowest BCUT2D eigenvalue weighted by Gasteiger charge is -2.18. The Bertz CT molecular complexity index is 756. The molecule has 1 aliphatic carbocycles. The van der Waals surface area contributed by atoms with Crippen LogP contribution in [0.3, 0.4) is 0 Å². The SMILES string of the molecule is Cc1cc(C)c(NC(=O)[C@@H](C)Nc2ccc3c(c2)CCC3)c(C)c1. The van der Waals surface area contributed by atoms with Crippen LogP contribution in [0.1, 0.15) is 41.2 Å². The number of hydrogen-bond acceptors (Lipinski definition) is 2. The van der Waals surface area contributed by atoms with Gasteiger partial charge in [0.15, 0.2) is 0 Å². The van der Waals surface area contributed by atoms with Gasteiger partial charge in [0, 0.05) is 11.4 Å². The van der Waals surface area contributed by atoms with Gasteiger partial charge < -0.3 is 10.6 Å². The molecule has 3 rings (SSSR count). The minimum atomic E-state index is -0.287. The molecule has 2 N–H and O–H groups in total. The summed E-state index contributed by atoms with van der Waals surface area (Å²) in [7, 11) is 0. The summed E-state index contributed by atoms with van der Waals surface area (Å²) >= 11 is 0. The first-order valence-electron chi connectivity index (χ1n) is 8.71. The van der Waals surface area contributed by atoms with Gasteiger partial charge in [-0.25, -0.2) is 0 Å². The molecule has 126 valence electrons. The second-order valence-corrected chi connectivity index (χ2v) is 6.97. The molecule has 0 aromatic heterocycles. The average molecular weight is 322 g/mol. The van der Waals surface area contributed by atoms with Gasteiger partial charge in [-0.2, -0.15) is 0 Å². The molecule has 1 aliphatic rings. The summed E-state index contributed by atoms with van der Waals surface area (Å²) in [6, 6.07) is 10.4. The Labute approximate surface area is 144 Å². The molecule has 0 aliphatic heterocycles. The van der Waals surface area contributed by atoms with Gasteiger partial charge in [-0.05, 0) is 81.3 Å². The van der Waals surface area contributed by atoms with E-state index >= 15 is 0 Å². The quantitative estimate of drug-likeness (QED) is 0.867. The summed E-state index contributed by atoms with van der Waals surface area (Å²) in [6.45, 7) is 8.05. The number of amides is 1. The molecule has 0 saturated heterocycles. The zero-order valence-electron chi connectivity index (χ0n) is 15.0. The van der Waals surface area contributed by atoms with Crippen molar-refractivity contribution in [3.05, 3.63) is 58.1 Å². The summed E-state index contributed by atoms with van der Waals surface area (Å²) < 4.78 is 0. The van der Waals surface area contributed by atoms with Crippen molar-refractivity contribution >= 4 is 17.3 Å². The molecule has 24 heavy (non-hydrogen) atoms. The first-order valence-corrected chi connectivity index (χ1v) is 8.71. The van der Waals surface area contributed by atoms with Crippen LogP contribution in [0.15, 0.2) is 30.3 Å². The van der Waals surface area contributed by atoms with E-state index < -0.39 is 0 Å². The number of nitrogens with one attached hydrogen (secondary N) is 2. The summed E-state index contributed by atoms with van der Waals surface area (Å²) in [5, 5.41) is 6.41. The average Bonchev–Trinajstić information content (AvgIpc) is 2.98. The van der Waals surface area contributed by atoms with Crippen LogP contribution in [0.2, 0.25) is 0 Å². The monoisotopic (exact) mass is 322 g/mol. The van der Waals surface area contributed by atoms with Gasteiger partial charge >= 0.3 is 0 Å². The van der Waals surface area contributed by atoms with Crippen LogP contribution in [0.4, 0.5) is 11.4 Å². The highest BCUT2D eigenvalue weighted by atomic mass is 16.2. The first kappa shape index (κ1) is 16.6. The maximum absolute atomic E-state index is 12.6. The smallest absolute Gasteiger partial charge is 0.246 e. The molecule has 1 amide bonds. The van der Waals surface area contributed by atoms with E-state index in [-0.39, 0.29) is 11.9 Å². The van der Waals surface area contributed by atoms with Crippen LogP contribution in [0.25, 0.3) is 0 Å². The molecule has 2 aromatic carbocycles. The van der Waals surface area contributed by atoms with Gasteiger partial charge in [0.2, 0.25) is 5.91 Å². The Hall–Kier alpha value is -2.29. The van der Waals surface area contributed by atoms with E-state index in [1.54, 1.807) is 0 Å². The highest BCUT2D eigenvalue weighted by Gasteiger charge is 2.17. The molecule has 0 radical (unpaired) electrons. The minimum Gasteiger partial charge on any atom is -0.374 e. The van der Waals surface area contributed by atoms with Crippen LogP contribution < -0.4 is 10.6 Å². The number of carbonyl (C=O) groups is 1. The van der Waals surface area contributed by atoms with E-state index in [0.29, 0.717) is 0 Å². The zero-order chi connectivity index (χ0) is 17.3. The van der Waals surface area contributed by atoms with Gasteiger partial charge in [-0.1, -0.05) is 23.8 Å². The lowest BCUT2D eigenvalue weighted by Crippen LogP contribution is -2.32. The van der Waals surface area contributed by atoms with E-state index in [2.05, 4.69) is 47.9 Å². The fraction of sp³-hybridized carbons (Fsp3) is 0.381. The third-order valence-corrected chi connectivity index (χ3v) is 4.80. The zero-order valence-corrected chi connectivity index (χ0v) is 15.0. The van der Waals surface area contributed by atoms with Crippen molar-refractivity contribution in [1.29, 1.82) is 0 Å². The number of rotatable bonds is 4. The Morgan fingerprint density at radius 2 is 1.67 bits per heavy atom. The molecule has 2 aromatic rings. The van der Waals surface area contributed by atoms with Crippen molar-refractivity contribution in [1.82, 2.24) is 0 Å². The van der Waals surface area contributed by atoms with Crippen molar-refractivity contribution in [3.8, 4) is 0 Å². The highest BCUT2D eigenvalue weighted by Crippen LogP contribution is 2.26. The Morgan fingerprint density at radius 3 is 2.38 bits per heavy atom. The van der Waals surface area contributed by atoms with Crippen molar-refractivity contribution in [2.75, 3.05) is 10.6 Å². The fourth-order valence-corrected chi connectivity index (χ4v) is 3.59. The molecular weight excluding hydrogens is 296 g/mol. The number of hydrogen-bond donors (Lipinski definition) is 2. The molecule has 0 unspecified atom stereocenters. The third kappa shape index (κ3) is 3.45. The van der Waals surface area contributed by atoms with E-state index in [9.17, 15) is 4.79 Å². The molecule has 0 bridgehead atoms. The predicted molar refractivity (Wildman–Crippen MR) is 101 cm³/mol. The standard InChI is InChI=1S/C21H26N2O/c1-13-10-14(2)20(15(3)11-13)23-21(24)16(4)22-19-9-8-17-6-5-7-18(17)12-19/h8-12,16,22H,5-7H2,1-4H3,(H,23,24)/t16-/m1/s1. The molecule has 3 nitrogen and oxygen atoms in total. The first-order chi connectivity index (χ1) is 11.4. The van der Waals surface area contributed by atoms with Gasteiger partial charge in [0.25, 0.3) is 0 Å². The predicted octanol–water partition coefficient (Wildman–Crippen LogP) is 4.54. The number of anilines is 2. The molecule has 3 heteroatoms. The van der Waals surface area contributed by atoms with Gasteiger partial charge in [0.05, 0.1) is 0 Å². The molecule has 0 heterocycles. The third-order valence-electron chi connectivity index (χ3n) is 4.80. The van der Waals surface area contributed by atoms with Crippen molar-refractivity contribution in [2.24, 2.45) is 0 Å². The van der Waals surface area contributed by atoms with Gasteiger partial charge in [-0.3, -0.25) is 4.79 Å². The lowest BCUT2D eigenvalue weighted by molar-refractivity contribution is -0.116. The summed E-state index contributed by atoms with van der Waals surface area (Å²) in [5.41, 5.74) is 8.23. The van der Waals surface area contributed by atoms with Crippen molar-refractivity contribution in [2.45, 2.75) is 53.0 Å². The molecule has 0 saturated carbocycles. The number of benzene rings is 2. The highest BCUT2D eigenvalue weighted by molar-refractivity contribution is 5.97. The molecule has 1 atom stereocenters. The van der Waals surface area contributed by atoms with Gasteiger partial charge in [0.1, 0.15) is 6.04 Å². The Morgan fingerprint density at radius 1 is 1.00 bits per heavy atom. The number of fused-ring (bicyclic) bond motifs is 1. The molecule has 0 spiro atoms. The summed E-state index contributed by atoms with van der Waals surface area (Å²) in [4.78, 5) is 12.6. The van der Waals surface area contributed by atoms with Crippen LogP contribution >= 0.6 is 0 Å². The normalized spacial score (nSPS) is 14.2. The molecular formula is C21H26N2O. The second kappa shape index (κ2) is 6.68. The van der Waals surface area contributed by atoms with Crippen molar-refractivity contribution < 1.29 is 4.79 Å². The fourth-order valence-electron chi connectivity index (χ4n) is 3.59. The maximum Gasteiger partial charge on any atom is 0.246 e. The van der Waals surface area contributed by atoms with Gasteiger partial charge in [-0.15, -0.1) is 0 Å². The number of aryl methyl sites for hydroxylation is 5. The van der Waals surface area contributed by atoms with E-state index in [1.165, 1.54) is 29.5 Å². The van der Waals surface area contributed by atoms with E-state index in [1.807, 2.05) is 20.8 Å². The van der Waals surface area contributed by atoms with Crippen LogP contribution in [0, 0.1) is 20.8 Å². The van der Waals surface area contributed by atoms with Crippen molar-refractivity contribution in [3.63, 3.8) is 0 Å². The largest absolute Gasteiger partial charge is 0.374 e. The summed E-state index contributed by atoms with van der Waals surface area (Å²) in [5.74, 6) is -0.00875. The lowest BCUT2D eigenvalue weighted by atomic mass is 10.0. The Kier molecular flexibility index (Phi) is 4.61.